The Hall–Kier alpha value is -0.570. The second kappa shape index (κ2) is 6.24. The van der Waals surface area contributed by atoms with Gasteiger partial charge in [0.15, 0.2) is 0 Å². The van der Waals surface area contributed by atoms with Gasteiger partial charge in [-0.2, -0.15) is 4.89 Å². The van der Waals surface area contributed by atoms with Crippen molar-refractivity contribution in [1.29, 1.82) is 0 Å². The van der Waals surface area contributed by atoms with Gasteiger partial charge in [0.2, 0.25) is 0 Å². The lowest BCUT2D eigenvalue weighted by atomic mass is 9.80. The van der Waals surface area contributed by atoms with Gasteiger partial charge < -0.3 is 0 Å². The molecule has 0 saturated heterocycles. The van der Waals surface area contributed by atoms with E-state index in [4.69, 9.17) is 9.78 Å². The Kier molecular flexibility index (Phi) is 6.01. The van der Waals surface area contributed by atoms with E-state index in [0.717, 1.165) is 19.3 Å². The van der Waals surface area contributed by atoms with Gasteiger partial charge in [0.25, 0.3) is 0 Å². The molecule has 0 aromatic rings. The molecular formula is C13H26O3. The molecule has 0 aromatic carbocycles. The van der Waals surface area contributed by atoms with Crippen LogP contribution in [0.2, 0.25) is 0 Å². The molecule has 0 aliphatic rings. The van der Waals surface area contributed by atoms with E-state index in [-0.39, 0.29) is 11.4 Å². The zero-order chi connectivity index (χ0) is 12.8. The molecule has 0 aliphatic heterocycles. The maximum absolute atomic E-state index is 11.2. The molecule has 0 aliphatic carbocycles. The van der Waals surface area contributed by atoms with Gasteiger partial charge in [0.1, 0.15) is 5.60 Å². The third-order valence-electron chi connectivity index (χ3n) is 2.68. The molecule has 0 amide bonds. The molecule has 0 heterocycles. The van der Waals surface area contributed by atoms with E-state index in [1.54, 1.807) is 0 Å². The van der Waals surface area contributed by atoms with Crippen molar-refractivity contribution in [3.63, 3.8) is 0 Å². The standard InChI is InChI=1S/C13H26O3/c1-7-9-11(14)15-16-13(5,6)10-12(3,4)8-2/h7-10H2,1-6H3. The van der Waals surface area contributed by atoms with Crippen LogP contribution in [0.1, 0.15) is 67.2 Å². The van der Waals surface area contributed by atoms with Gasteiger partial charge in [-0.25, -0.2) is 4.79 Å². The lowest BCUT2D eigenvalue weighted by Crippen LogP contribution is -2.32. The predicted molar refractivity (Wildman–Crippen MR) is 64.9 cm³/mol. The van der Waals surface area contributed by atoms with Crippen LogP contribution in [0.15, 0.2) is 0 Å². The summed E-state index contributed by atoms with van der Waals surface area (Å²) in [4.78, 5) is 21.2. The third kappa shape index (κ3) is 6.83. The van der Waals surface area contributed by atoms with Gasteiger partial charge >= 0.3 is 5.97 Å². The molecule has 0 N–H and O–H groups in total. The van der Waals surface area contributed by atoms with E-state index >= 15 is 0 Å². The van der Waals surface area contributed by atoms with Crippen LogP contribution in [-0.2, 0) is 14.6 Å². The minimum atomic E-state index is -0.428. The van der Waals surface area contributed by atoms with Crippen molar-refractivity contribution in [1.82, 2.24) is 0 Å². The Morgan fingerprint density at radius 1 is 1.12 bits per heavy atom. The van der Waals surface area contributed by atoms with Crippen LogP contribution < -0.4 is 0 Å². The van der Waals surface area contributed by atoms with Crippen LogP contribution in [0, 0.1) is 5.41 Å². The molecule has 0 aromatic heterocycles. The fourth-order valence-corrected chi connectivity index (χ4v) is 1.71. The van der Waals surface area contributed by atoms with Crippen LogP contribution >= 0.6 is 0 Å². The number of carbonyl (C=O) groups excluding carboxylic acids is 1. The van der Waals surface area contributed by atoms with Crippen LogP contribution in [-0.4, -0.2) is 11.6 Å². The predicted octanol–water partition coefficient (Wildman–Crippen LogP) is 3.87. The fraction of sp³-hybridized carbons (Fsp3) is 0.923. The van der Waals surface area contributed by atoms with E-state index in [0.29, 0.717) is 6.42 Å². The first kappa shape index (κ1) is 15.4. The highest BCUT2D eigenvalue weighted by molar-refractivity contribution is 5.68. The summed E-state index contributed by atoms with van der Waals surface area (Å²) >= 11 is 0. The molecular weight excluding hydrogens is 204 g/mol. The first-order valence-electron chi connectivity index (χ1n) is 6.11. The molecule has 0 atom stereocenters. The summed E-state index contributed by atoms with van der Waals surface area (Å²) in [6.07, 6.45) is 3.12. The fourth-order valence-electron chi connectivity index (χ4n) is 1.71. The summed E-state index contributed by atoms with van der Waals surface area (Å²) in [7, 11) is 0. The number of rotatable bonds is 7. The SMILES string of the molecule is CCCC(=O)OOC(C)(C)CC(C)(C)CC. The largest absolute Gasteiger partial charge is 0.342 e. The van der Waals surface area contributed by atoms with E-state index in [1.165, 1.54) is 0 Å². The first-order valence-corrected chi connectivity index (χ1v) is 6.11. The quantitative estimate of drug-likeness (QED) is 0.492. The van der Waals surface area contributed by atoms with E-state index < -0.39 is 5.60 Å². The second-order valence-corrected chi connectivity index (χ2v) is 5.74. The van der Waals surface area contributed by atoms with Crippen molar-refractivity contribution in [2.75, 3.05) is 0 Å². The van der Waals surface area contributed by atoms with Crippen molar-refractivity contribution in [3.05, 3.63) is 0 Å². The van der Waals surface area contributed by atoms with Crippen molar-refractivity contribution < 1.29 is 14.6 Å². The smallest absolute Gasteiger partial charge is 0.298 e. The van der Waals surface area contributed by atoms with Gasteiger partial charge in [0, 0.05) is 6.42 Å². The average molecular weight is 230 g/mol. The van der Waals surface area contributed by atoms with Gasteiger partial charge in [-0.05, 0) is 32.1 Å². The topological polar surface area (TPSA) is 35.5 Å². The Morgan fingerprint density at radius 2 is 1.69 bits per heavy atom. The Labute approximate surface area is 99.4 Å². The highest BCUT2D eigenvalue weighted by Gasteiger charge is 2.30. The summed E-state index contributed by atoms with van der Waals surface area (Å²) in [6, 6.07) is 0. The Morgan fingerprint density at radius 3 is 2.12 bits per heavy atom. The van der Waals surface area contributed by atoms with Crippen molar-refractivity contribution in [2.45, 2.75) is 72.8 Å². The van der Waals surface area contributed by atoms with Crippen LogP contribution in [0.25, 0.3) is 0 Å². The first-order chi connectivity index (χ1) is 7.22. The normalized spacial score (nSPS) is 12.6. The summed E-state index contributed by atoms with van der Waals surface area (Å²) in [5.74, 6) is -0.287. The highest BCUT2D eigenvalue weighted by Crippen LogP contribution is 2.32. The molecule has 16 heavy (non-hydrogen) atoms. The van der Waals surface area contributed by atoms with Crippen molar-refractivity contribution >= 4 is 5.97 Å². The van der Waals surface area contributed by atoms with E-state index in [2.05, 4.69) is 20.8 Å². The maximum Gasteiger partial charge on any atom is 0.342 e. The van der Waals surface area contributed by atoms with Gasteiger partial charge in [0.05, 0.1) is 0 Å². The molecule has 0 bridgehead atoms. The molecule has 96 valence electrons. The minimum Gasteiger partial charge on any atom is -0.298 e. The third-order valence-corrected chi connectivity index (χ3v) is 2.68. The lowest BCUT2D eigenvalue weighted by molar-refractivity contribution is -0.330. The van der Waals surface area contributed by atoms with Crippen molar-refractivity contribution in [2.24, 2.45) is 5.41 Å². The van der Waals surface area contributed by atoms with E-state index in [9.17, 15) is 4.79 Å². The summed E-state index contributed by atoms with van der Waals surface area (Å²) < 4.78 is 0. The zero-order valence-electron chi connectivity index (χ0n) is 11.6. The summed E-state index contributed by atoms with van der Waals surface area (Å²) in [5.41, 5.74) is -0.233. The maximum atomic E-state index is 11.2. The molecule has 3 heteroatoms. The molecule has 0 radical (unpaired) electrons. The highest BCUT2D eigenvalue weighted by atomic mass is 17.2. The van der Waals surface area contributed by atoms with E-state index in [1.807, 2.05) is 20.8 Å². The van der Waals surface area contributed by atoms with Crippen molar-refractivity contribution in [3.8, 4) is 0 Å². The molecule has 0 fully saturated rings. The molecule has 0 rings (SSSR count). The number of carbonyl (C=O) groups is 1. The van der Waals surface area contributed by atoms with Gasteiger partial charge in [-0.15, -0.1) is 0 Å². The Bertz CT molecular complexity index is 219. The van der Waals surface area contributed by atoms with Gasteiger partial charge in [-0.1, -0.05) is 34.1 Å². The number of hydrogen-bond donors (Lipinski definition) is 0. The van der Waals surface area contributed by atoms with Gasteiger partial charge in [-0.3, -0.25) is 4.89 Å². The second-order valence-electron chi connectivity index (χ2n) is 5.74. The zero-order valence-corrected chi connectivity index (χ0v) is 11.6. The number of hydrogen-bond acceptors (Lipinski definition) is 3. The molecule has 0 unspecified atom stereocenters. The lowest BCUT2D eigenvalue weighted by Gasteiger charge is -2.32. The summed E-state index contributed by atoms with van der Waals surface area (Å²) in [6.45, 7) is 12.4. The minimum absolute atomic E-state index is 0.195. The van der Waals surface area contributed by atoms with Crippen LogP contribution in [0.4, 0.5) is 0 Å². The molecule has 3 nitrogen and oxygen atoms in total. The van der Waals surface area contributed by atoms with Crippen LogP contribution in [0.3, 0.4) is 0 Å². The average Bonchev–Trinajstić information content (AvgIpc) is 2.14. The monoisotopic (exact) mass is 230 g/mol. The summed E-state index contributed by atoms with van der Waals surface area (Å²) in [5, 5.41) is 0. The van der Waals surface area contributed by atoms with Crippen LogP contribution in [0.5, 0.6) is 0 Å². The molecule has 0 saturated carbocycles. The molecule has 0 spiro atoms. The Balaban J connectivity index is 4.09.